The molecule has 116 valence electrons. The number of carbonyl (C=O) groups is 1. The minimum absolute atomic E-state index is 0.0316. The largest absolute Gasteiger partial charge is 0.326 e. The Bertz CT molecular complexity index is 616. The molecular weight excluding hydrogens is 296 g/mol. The van der Waals surface area contributed by atoms with Gasteiger partial charge in [-0.15, -0.1) is 11.3 Å². The Hall–Kier alpha value is -1.76. The number of likely N-dealkylation sites (tertiary alicyclic amines) is 1. The molecule has 6 heteroatoms. The molecule has 1 unspecified atom stereocenters. The standard InChI is InChI=1S/C16H20N4OS/c1-11(15(21)19-16-18-7-8-22-16)20-9-13(14(17)10-20)12-5-3-2-4-6-12/h2-8,11,13-14H,9-10,17H2,1H3,(H,18,19,21)/t11?,13-,14+/m0/s1. The topological polar surface area (TPSA) is 71.2 Å². The first-order valence-electron chi connectivity index (χ1n) is 7.40. The molecule has 1 amide bonds. The molecule has 3 N–H and O–H groups in total. The number of hydrogen-bond donors (Lipinski definition) is 2. The molecule has 2 heterocycles. The van der Waals surface area contributed by atoms with E-state index in [0.717, 1.165) is 13.1 Å². The van der Waals surface area contributed by atoms with Gasteiger partial charge >= 0.3 is 0 Å². The lowest BCUT2D eigenvalue weighted by Gasteiger charge is -2.22. The van der Waals surface area contributed by atoms with Crippen LogP contribution < -0.4 is 11.1 Å². The molecule has 0 aliphatic carbocycles. The van der Waals surface area contributed by atoms with Gasteiger partial charge < -0.3 is 11.1 Å². The van der Waals surface area contributed by atoms with Crippen LogP contribution in [-0.2, 0) is 4.79 Å². The van der Waals surface area contributed by atoms with Crippen LogP contribution in [0.5, 0.6) is 0 Å². The zero-order valence-electron chi connectivity index (χ0n) is 12.5. The molecule has 0 radical (unpaired) electrons. The number of benzene rings is 1. The fraction of sp³-hybridized carbons (Fsp3) is 0.375. The van der Waals surface area contributed by atoms with Gasteiger partial charge in [-0.25, -0.2) is 4.98 Å². The zero-order chi connectivity index (χ0) is 15.5. The first-order valence-corrected chi connectivity index (χ1v) is 8.28. The van der Waals surface area contributed by atoms with Crippen LogP contribution in [0, 0.1) is 0 Å². The first kappa shape index (κ1) is 15.1. The zero-order valence-corrected chi connectivity index (χ0v) is 13.3. The summed E-state index contributed by atoms with van der Waals surface area (Å²) in [5.74, 6) is 0.243. The number of aromatic nitrogens is 1. The monoisotopic (exact) mass is 316 g/mol. The lowest BCUT2D eigenvalue weighted by molar-refractivity contribution is -0.120. The van der Waals surface area contributed by atoms with Crippen molar-refractivity contribution < 1.29 is 4.79 Å². The summed E-state index contributed by atoms with van der Waals surface area (Å²) in [6.07, 6.45) is 1.68. The van der Waals surface area contributed by atoms with Crippen molar-refractivity contribution in [2.45, 2.75) is 24.9 Å². The summed E-state index contributed by atoms with van der Waals surface area (Å²) in [4.78, 5) is 18.6. The van der Waals surface area contributed by atoms with Crippen LogP contribution in [0.3, 0.4) is 0 Å². The van der Waals surface area contributed by atoms with Crippen molar-refractivity contribution >= 4 is 22.4 Å². The number of thiazole rings is 1. The maximum absolute atomic E-state index is 12.3. The molecule has 1 aliphatic heterocycles. The number of amides is 1. The highest BCUT2D eigenvalue weighted by atomic mass is 32.1. The number of hydrogen-bond acceptors (Lipinski definition) is 5. The smallest absolute Gasteiger partial charge is 0.243 e. The molecule has 1 fully saturated rings. The predicted octanol–water partition coefficient (Wildman–Crippen LogP) is 1.90. The van der Waals surface area contributed by atoms with Crippen LogP contribution in [0.4, 0.5) is 5.13 Å². The second kappa shape index (κ2) is 6.56. The quantitative estimate of drug-likeness (QED) is 0.904. The van der Waals surface area contributed by atoms with Crippen LogP contribution in [0.1, 0.15) is 18.4 Å². The highest BCUT2D eigenvalue weighted by Crippen LogP contribution is 2.27. The van der Waals surface area contributed by atoms with E-state index in [1.807, 2.05) is 30.5 Å². The average molecular weight is 316 g/mol. The van der Waals surface area contributed by atoms with E-state index < -0.39 is 0 Å². The fourth-order valence-electron chi connectivity index (χ4n) is 2.89. The predicted molar refractivity (Wildman–Crippen MR) is 88.9 cm³/mol. The molecule has 1 aliphatic rings. The highest BCUT2D eigenvalue weighted by molar-refractivity contribution is 7.13. The molecule has 22 heavy (non-hydrogen) atoms. The molecule has 1 aromatic heterocycles. The van der Waals surface area contributed by atoms with E-state index in [0.29, 0.717) is 5.13 Å². The van der Waals surface area contributed by atoms with Gasteiger partial charge in [0.15, 0.2) is 5.13 Å². The van der Waals surface area contributed by atoms with Crippen molar-refractivity contribution in [1.29, 1.82) is 0 Å². The summed E-state index contributed by atoms with van der Waals surface area (Å²) in [7, 11) is 0. The first-order chi connectivity index (χ1) is 10.6. The molecule has 5 nitrogen and oxygen atoms in total. The molecule has 0 spiro atoms. The van der Waals surface area contributed by atoms with Crippen molar-refractivity contribution in [1.82, 2.24) is 9.88 Å². The normalized spacial score (nSPS) is 23.4. The van der Waals surface area contributed by atoms with Crippen LogP contribution in [-0.4, -0.2) is 41.0 Å². The average Bonchev–Trinajstić information content (AvgIpc) is 3.17. The number of nitrogens with two attached hydrogens (primary N) is 1. The Morgan fingerprint density at radius 2 is 2.18 bits per heavy atom. The summed E-state index contributed by atoms with van der Waals surface area (Å²) in [5.41, 5.74) is 7.53. The number of nitrogens with zero attached hydrogens (tertiary/aromatic N) is 2. The molecule has 0 bridgehead atoms. The highest BCUT2D eigenvalue weighted by Gasteiger charge is 2.35. The second-order valence-electron chi connectivity index (χ2n) is 5.64. The molecule has 0 saturated carbocycles. The third kappa shape index (κ3) is 3.19. The van der Waals surface area contributed by atoms with Crippen LogP contribution >= 0.6 is 11.3 Å². The maximum atomic E-state index is 12.3. The molecule has 3 rings (SSSR count). The van der Waals surface area contributed by atoms with Gasteiger partial charge in [0.05, 0.1) is 6.04 Å². The van der Waals surface area contributed by atoms with E-state index in [1.54, 1.807) is 6.20 Å². The van der Waals surface area contributed by atoms with Crippen molar-refractivity contribution in [2.24, 2.45) is 5.73 Å². The lowest BCUT2D eigenvalue weighted by Crippen LogP contribution is -2.41. The summed E-state index contributed by atoms with van der Waals surface area (Å²) < 4.78 is 0. The Labute approximate surface area is 134 Å². The van der Waals surface area contributed by atoms with E-state index in [-0.39, 0.29) is 23.9 Å². The number of nitrogens with one attached hydrogen (secondary N) is 1. The van der Waals surface area contributed by atoms with Crippen molar-refractivity contribution in [3.05, 3.63) is 47.5 Å². The number of carbonyl (C=O) groups excluding carboxylic acids is 1. The molecule has 2 aromatic rings. The van der Waals surface area contributed by atoms with Gasteiger partial charge in [-0.05, 0) is 12.5 Å². The summed E-state index contributed by atoms with van der Waals surface area (Å²) >= 11 is 1.42. The minimum Gasteiger partial charge on any atom is -0.326 e. The molecule has 1 aromatic carbocycles. The van der Waals surface area contributed by atoms with Crippen molar-refractivity contribution in [3.63, 3.8) is 0 Å². The Balaban J connectivity index is 1.64. The van der Waals surface area contributed by atoms with Gasteiger partial charge in [0, 0.05) is 36.6 Å². The maximum Gasteiger partial charge on any atom is 0.243 e. The van der Waals surface area contributed by atoms with Crippen LogP contribution in [0.25, 0.3) is 0 Å². The van der Waals surface area contributed by atoms with Gasteiger partial charge in [-0.3, -0.25) is 9.69 Å². The summed E-state index contributed by atoms with van der Waals surface area (Å²) in [5, 5.41) is 5.34. The minimum atomic E-state index is -0.219. The van der Waals surface area contributed by atoms with Gasteiger partial charge in [-0.1, -0.05) is 30.3 Å². The Morgan fingerprint density at radius 3 is 2.86 bits per heavy atom. The fourth-order valence-corrected chi connectivity index (χ4v) is 3.42. The van der Waals surface area contributed by atoms with Crippen molar-refractivity contribution in [3.8, 4) is 0 Å². The second-order valence-corrected chi connectivity index (χ2v) is 6.53. The number of rotatable bonds is 4. The van der Waals surface area contributed by atoms with E-state index in [4.69, 9.17) is 5.73 Å². The van der Waals surface area contributed by atoms with Crippen LogP contribution in [0.2, 0.25) is 0 Å². The van der Waals surface area contributed by atoms with Gasteiger partial charge in [-0.2, -0.15) is 0 Å². The van der Waals surface area contributed by atoms with Crippen LogP contribution in [0.15, 0.2) is 41.9 Å². The lowest BCUT2D eigenvalue weighted by atomic mass is 9.95. The molecule has 1 saturated heterocycles. The third-order valence-corrected chi connectivity index (χ3v) is 4.90. The van der Waals surface area contributed by atoms with E-state index in [1.165, 1.54) is 16.9 Å². The van der Waals surface area contributed by atoms with Gasteiger partial charge in [0.2, 0.25) is 5.91 Å². The SMILES string of the molecule is CC(C(=O)Nc1nccs1)N1C[C@@H](N)[C@H](c2ccccc2)C1. The van der Waals surface area contributed by atoms with E-state index in [9.17, 15) is 4.79 Å². The summed E-state index contributed by atoms with van der Waals surface area (Å²) in [6.45, 7) is 3.45. The summed E-state index contributed by atoms with van der Waals surface area (Å²) in [6, 6.07) is 10.1. The van der Waals surface area contributed by atoms with E-state index in [2.05, 4.69) is 27.3 Å². The Morgan fingerprint density at radius 1 is 1.41 bits per heavy atom. The number of anilines is 1. The van der Waals surface area contributed by atoms with Crippen molar-refractivity contribution in [2.75, 3.05) is 18.4 Å². The van der Waals surface area contributed by atoms with Gasteiger partial charge in [0.25, 0.3) is 0 Å². The van der Waals surface area contributed by atoms with Gasteiger partial charge in [0.1, 0.15) is 0 Å². The molecular formula is C16H20N4OS. The third-order valence-electron chi connectivity index (χ3n) is 4.21. The van der Waals surface area contributed by atoms with E-state index >= 15 is 0 Å². The Kier molecular flexibility index (Phi) is 4.52. The molecule has 3 atom stereocenters.